The molecule has 2 fully saturated rings. The average Bonchev–Trinajstić information content (AvgIpc) is 2.24. The topological polar surface area (TPSA) is 70.1 Å². The fourth-order valence-electron chi connectivity index (χ4n) is 2.57. The van der Waals surface area contributed by atoms with Gasteiger partial charge >= 0.3 is 6.09 Å². The zero-order chi connectivity index (χ0) is 11.9. The summed E-state index contributed by atoms with van der Waals surface area (Å²) < 4.78 is 4.68. The molecule has 0 radical (unpaired) electrons. The highest BCUT2D eigenvalue weighted by Crippen LogP contribution is 2.29. The number of hydrogen-bond acceptors (Lipinski definition) is 4. The van der Waals surface area contributed by atoms with Gasteiger partial charge in [-0.3, -0.25) is 9.69 Å². The maximum atomic E-state index is 11.9. The number of piperidine rings is 1. The second kappa shape index (κ2) is 3.93. The number of ether oxygens (including phenoxy) is 1. The maximum Gasteiger partial charge on any atom is 0.410 e. The summed E-state index contributed by atoms with van der Waals surface area (Å²) in [7, 11) is 3.02. The molecule has 0 aromatic carbocycles. The molecular formula is C10H16N2O4. The Kier molecular flexibility index (Phi) is 2.75. The highest BCUT2D eigenvalue weighted by Gasteiger charge is 2.47. The van der Waals surface area contributed by atoms with Gasteiger partial charge in [-0.05, 0) is 6.42 Å². The molecule has 2 aliphatic rings. The fourth-order valence-corrected chi connectivity index (χ4v) is 2.57. The lowest BCUT2D eigenvalue weighted by Crippen LogP contribution is -2.66. The lowest BCUT2D eigenvalue weighted by molar-refractivity contribution is -0.148. The molecule has 90 valence electrons. The molecule has 6 nitrogen and oxygen atoms in total. The van der Waals surface area contributed by atoms with E-state index in [9.17, 15) is 14.7 Å². The van der Waals surface area contributed by atoms with E-state index in [1.807, 2.05) is 0 Å². The first-order valence-corrected chi connectivity index (χ1v) is 5.34. The van der Waals surface area contributed by atoms with Gasteiger partial charge in [-0.15, -0.1) is 0 Å². The largest absolute Gasteiger partial charge is 0.453 e. The molecule has 0 aromatic heterocycles. The first kappa shape index (κ1) is 11.2. The Morgan fingerprint density at radius 1 is 1.50 bits per heavy atom. The Hall–Kier alpha value is -1.30. The molecular weight excluding hydrogens is 212 g/mol. The van der Waals surface area contributed by atoms with Gasteiger partial charge in [-0.2, -0.15) is 0 Å². The van der Waals surface area contributed by atoms with Crippen LogP contribution < -0.4 is 0 Å². The number of hydrogen-bond donors (Lipinski definition) is 1. The van der Waals surface area contributed by atoms with E-state index in [1.54, 1.807) is 11.9 Å². The van der Waals surface area contributed by atoms with Gasteiger partial charge in [0.05, 0.1) is 19.3 Å². The minimum atomic E-state index is -0.569. The Bertz CT molecular complexity index is 320. The Labute approximate surface area is 93.8 Å². The number of likely N-dealkylation sites (tertiary alicyclic amines) is 1. The quantitative estimate of drug-likeness (QED) is 0.602. The van der Waals surface area contributed by atoms with Crippen molar-refractivity contribution in [3.63, 3.8) is 0 Å². The van der Waals surface area contributed by atoms with Crippen molar-refractivity contribution in [1.82, 2.24) is 9.80 Å². The van der Waals surface area contributed by atoms with E-state index in [-0.39, 0.29) is 11.9 Å². The Morgan fingerprint density at radius 3 is 2.81 bits per heavy atom. The number of aliphatic hydroxyl groups is 1. The minimum absolute atomic E-state index is 0.125. The lowest BCUT2D eigenvalue weighted by atomic mass is 9.89. The number of piperazine rings is 1. The summed E-state index contributed by atoms with van der Waals surface area (Å²) in [6, 6.07) is -0.705. The molecule has 2 bridgehead atoms. The normalized spacial score (nSPS) is 33.9. The van der Waals surface area contributed by atoms with Crippen LogP contribution in [-0.2, 0) is 9.53 Å². The molecule has 6 heteroatoms. The van der Waals surface area contributed by atoms with Crippen molar-refractivity contribution in [3.8, 4) is 0 Å². The molecule has 2 rings (SSSR count). The smallest absolute Gasteiger partial charge is 0.410 e. The van der Waals surface area contributed by atoms with E-state index in [0.717, 1.165) is 0 Å². The van der Waals surface area contributed by atoms with E-state index in [0.29, 0.717) is 19.4 Å². The van der Waals surface area contributed by atoms with Crippen molar-refractivity contribution in [2.24, 2.45) is 0 Å². The van der Waals surface area contributed by atoms with Gasteiger partial charge in [0.25, 0.3) is 0 Å². The number of rotatable bonds is 0. The van der Waals surface area contributed by atoms with Gasteiger partial charge in [0.15, 0.2) is 0 Å². The van der Waals surface area contributed by atoms with Crippen LogP contribution in [0.2, 0.25) is 0 Å². The molecule has 2 saturated heterocycles. The third kappa shape index (κ3) is 1.63. The predicted molar refractivity (Wildman–Crippen MR) is 54.7 cm³/mol. The van der Waals surface area contributed by atoms with E-state index in [1.165, 1.54) is 12.0 Å². The maximum absolute atomic E-state index is 11.9. The minimum Gasteiger partial charge on any atom is -0.453 e. The standard InChI is InChI=1S/C10H16N2O4/c1-11-5-6-3-7(13)4-8(9(11)14)12(6)10(15)16-2/h6-8,13H,3-5H2,1-2H3/t6-,7?,8?/m0/s1. The van der Waals surface area contributed by atoms with E-state index < -0.39 is 18.2 Å². The van der Waals surface area contributed by atoms with Gasteiger partial charge in [0, 0.05) is 20.0 Å². The first-order chi connectivity index (χ1) is 7.54. The Balaban J connectivity index is 2.26. The van der Waals surface area contributed by atoms with Crippen LogP contribution in [0.3, 0.4) is 0 Å². The molecule has 3 atom stereocenters. The molecule has 2 unspecified atom stereocenters. The number of amides is 2. The molecule has 2 aliphatic heterocycles. The zero-order valence-electron chi connectivity index (χ0n) is 9.42. The van der Waals surface area contributed by atoms with Crippen LogP contribution in [0.5, 0.6) is 0 Å². The summed E-state index contributed by atoms with van der Waals surface area (Å²) in [5, 5.41) is 9.64. The van der Waals surface area contributed by atoms with Gasteiger partial charge in [-0.1, -0.05) is 0 Å². The van der Waals surface area contributed by atoms with Crippen LogP contribution in [0.1, 0.15) is 12.8 Å². The molecule has 16 heavy (non-hydrogen) atoms. The van der Waals surface area contributed by atoms with Crippen LogP contribution in [-0.4, -0.2) is 65.8 Å². The summed E-state index contributed by atoms with van der Waals surface area (Å²) in [5.74, 6) is -0.125. The van der Waals surface area contributed by atoms with Crippen LogP contribution >= 0.6 is 0 Å². The van der Waals surface area contributed by atoms with Crippen LogP contribution in [0.4, 0.5) is 4.79 Å². The third-order valence-electron chi connectivity index (χ3n) is 3.30. The number of likely N-dealkylation sites (N-methyl/N-ethyl adjacent to an activating group) is 1. The highest BCUT2D eigenvalue weighted by atomic mass is 16.5. The second-order valence-corrected chi connectivity index (χ2v) is 4.39. The molecule has 1 N–H and O–H groups in total. The SMILES string of the molecule is COC(=O)N1C2CC(O)C[C@H]1CN(C)C2=O. The van der Waals surface area contributed by atoms with E-state index >= 15 is 0 Å². The fraction of sp³-hybridized carbons (Fsp3) is 0.800. The van der Waals surface area contributed by atoms with Crippen molar-refractivity contribution in [2.45, 2.75) is 31.0 Å². The molecule has 0 aliphatic carbocycles. The zero-order valence-corrected chi connectivity index (χ0v) is 9.42. The van der Waals surface area contributed by atoms with Crippen LogP contribution in [0.25, 0.3) is 0 Å². The molecule has 0 saturated carbocycles. The third-order valence-corrected chi connectivity index (χ3v) is 3.30. The van der Waals surface area contributed by atoms with Crippen molar-refractivity contribution >= 4 is 12.0 Å². The first-order valence-electron chi connectivity index (χ1n) is 5.34. The van der Waals surface area contributed by atoms with Crippen molar-refractivity contribution < 1.29 is 19.4 Å². The predicted octanol–water partition coefficient (Wildman–Crippen LogP) is -0.581. The summed E-state index contributed by atoms with van der Waals surface area (Å²) in [6.45, 7) is 0.460. The van der Waals surface area contributed by atoms with E-state index in [4.69, 9.17) is 0 Å². The average molecular weight is 228 g/mol. The Morgan fingerprint density at radius 2 is 2.19 bits per heavy atom. The van der Waals surface area contributed by atoms with Gasteiger partial charge in [0.2, 0.25) is 5.91 Å². The number of methoxy groups -OCH3 is 1. The highest BCUT2D eigenvalue weighted by molar-refractivity contribution is 5.87. The summed E-state index contributed by atoms with van der Waals surface area (Å²) in [5.41, 5.74) is 0. The lowest BCUT2D eigenvalue weighted by Gasteiger charge is -2.48. The van der Waals surface area contributed by atoms with Gasteiger partial charge < -0.3 is 14.7 Å². The van der Waals surface area contributed by atoms with Crippen molar-refractivity contribution in [1.29, 1.82) is 0 Å². The van der Waals surface area contributed by atoms with E-state index in [2.05, 4.69) is 4.74 Å². The summed E-state index contributed by atoms with van der Waals surface area (Å²) in [4.78, 5) is 26.5. The van der Waals surface area contributed by atoms with Crippen LogP contribution in [0, 0.1) is 0 Å². The summed E-state index contributed by atoms with van der Waals surface area (Å²) in [6.07, 6.45) is -0.185. The summed E-state index contributed by atoms with van der Waals surface area (Å²) >= 11 is 0. The van der Waals surface area contributed by atoms with Gasteiger partial charge in [0.1, 0.15) is 6.04 Å². The molecule has 2 amide bonds. The van der Waals surface area contributed by atoms with Crippen LogP contribution in [0.15, 0.2) is 0 Å². The molecule has 2 heterocycles. The number of nitrogens with zero attached hydrogens (tertiary/aromatic N) is 2. The number of fused-ring (bicyclic) bond motifs is 2. The van der Waals surface area contributed by atoms with Crippen molar-refractivity contribution in [3.05, 3.63) is 0 Å². The second-order valence-electron chi connectivity index (χ2n) is 4.39. The number of carbonyl (C=O) groups excluding carboxylic acids is 2. The molecule has 0 spiro atoms. The van der Waals surface area contributed by atoms with Gasteiger partial charge in [-0.25, -0.2) is 4.79 Å². The number of aliphatic hydroxyl groups excluding tert-OH is 1. The van der Waals surface area contributed by atoms with Crippen molar-refractivity contribution in [2.75, 3.05) is 20.7 Å². The monoisotopic (exact) mass is 228 g/mol. The number of carbonyl (C=O) groups is 2. The molecule has 0 aromatic rings.